The van der Waals surface area contributed by atoms with E-state index in [4.69, 9.17) is 19.8 Å². The van der Waals surface area contributed by atoms with Crippen molar-refractivity contribution >= 4 is 28.0 Å². The number of carboxylic acids is 1. The Labute approximate surface area is 150 Å². The Morgan fingerprint density at radius 3 is 2.58 bits per heavy atom. The van der Waals surface area contributed by atoms with Crippen molar-refractivity contribution in [2.75, 3.05) is 33.4 Å². The summed E-state index contributed by atoms with van der Waals surface area (Å²) in [5.74, 6) is -0.249. The summed E-state index contributed by atoms with van der Waals surface area (Å²) in [6.07, 6.45) is 1.29. The second kappa shape index (κ2) is 9.96. The van der Waals surface area contributed by atoms with E-state index in [1.54, 1.807) is 18.2 Å². The maximum absolute atomic E-state index is 10.9. The van der Waals surface area contributed by atoms with Gasteiger partial charge in [0.1, 0.15) is 18.2 Å². The lowest BCUT2D eigenvalue weighted by atomic mass is 10.1. The van der Waals surface area contributed by atoms with Crippen molar-refractivity contribution in [2.45, 2.75) is 13.8 Å². The molecular weight excluding hydrogens is 376 g/mol. The fourth-order valence-electron chi connectivity index (χ4n) is 2.09. The number of rotatable bonds is 9. The summed E-state index contributed by atoms with van der Waals surface area (Å²) >= 11 is 3.41. The first-order chi connectivity index (χ1) is 11.5. The van der Waals surface area contributed by atoms with Gasteiger partial charge in [0.15, 0.2) is 11.5 Å². The molecule has 0 aliphatic rings. The van der Waals surface area contributed by atoms with Gasteiger partial charge in [-0.1, -0.05) is 13.8 Å². The van der Waals surface area contributed by atoms with E-state index in [0.717, 1.165) is 19.6 Å². The third-order valence-corrected chi connectivity index (χ3v) is 4.05. The summed E-state index contributed by atoms with van der Waals surface area (Å²) < 4.78 is 11.8. The lowest BCUT2D eigenvalue weighted by Gasteiger charge is -2.19. The molecule has 6 nitrogen and oxygen atoms in total. The van der Waals surface area contributed by atoms with Crippen molar-refractivity contribution in [3.63, 3.8) is 0 Å². The first kappa shape index (κ1) is 20.0. The monoisotopic (exact) mass is 396 g/mol. The van der Waals surface area contributed by atoms with E-state index in [0.29, 0.717) is 28.1 Å². The molecule has 1 N–H and O–H groups in total. The summed E-state index contributed by atoms with van der Waals surface area (Å²) in [6.45, 7) is 7.39. The first-order valence-electron chi connectivity index (χ1n) is 7.54. The van der Waals surface area contributed by atoms with E-state index in [1.165, 1.54) is 13.2 Å². The number of carboxylic acid groups (broad SMARTS) is 1. The number of benzene rings is 1. The van der Waals surface area contributed by atoms with Gasteiger partial charge >= 0.3 is 5.97 Å². The zero-order valence-corrected chi connectivity index (χ0v) is 15.6. The molecule has 0 unspecified atom stereocenters. The fourth-order valence-corrected chi connectivity index (χ4v) is 2.66. The summed E-state index contributed by atoms with van der Waals surface area (Å²) in [5.41, 5.74) is 0.188. The molecule has 0 aliphatic carbocycles. The summed E-state index contributed by atoms with van der Waals surface area (Å²) in [6, 6.07) is 4.98. The van der Waals surface area contributed by atoms with Crippen LogP contribution >= 0.6 is 15.9 Å². The van der Waals surface area contributed by atoms with Crippen molar-refractivity contribution in [3.05, 3.63) is 27.7 Å². The first-order valence-corrected chi connectivity index (χ1v) is 8.33. The second-order valence-electron chi connectivity index (χ2n) is 4.88. The standard InChI is InChI=1S/C17H21BrN2O4/c1-4-20(5-2)6-7-24-16-14(18)9-12(10-15(16)23-3)8-13(11-19)17(21)22/h8-10H,4-7H2,1-3H3,(H,21,22). The number of likely N-dealkylation sites (N-methyl/N-ethyl adjacent to an activating group) is 1. The van der Waals surface area contributed by atoms with Crippen LogP contribution in [0.15, 0.2) is 22.2 Å². The number of hydrogen-bond acceptors (Lipinski definition) is 5. The summed E-state index contributed by atoms with van der Waals surface area (Å²) in [5, 5.41) is 17.8. The van der Waals surface area contributed by atoms with Gasteiger partial charge in [0.05, 0.1) is 11.6 Å². The Morgan fingerprint density at radius 1 is 1.42 bits per heavy atom. The SMILES string of the molecule is CCN(CC)CCOc1c(Br)cc(C=C(C#N)C(=O)O)cc1OC. The molecule has 0 aliphatic heterocycles. The number of halogens is 1. The van der Waals surface area contributed by atoms with Crippen molar-refractivity contribution in [1.29, 1.82) is 5.26 Å². The Hall–Kier alpha value is -2.04. The average molecular weight is 397 g/mol. The number of hydrogen-bond donors (Lipinski definition) is 1. The van der Waals surface area contributed by atoms with Crippen LogP contribution in [0, 0.1) is 11.3 Å². The van der Waals surface area contributed by atoms with E-state index in [1.807, 2.05) is 0 Å². The molecule has 24 heavy (non-hydrogen) atoms. The Morgan fingerprint density at radius 2 is 2.08 bits per heavy atom. The van der Waals surface area contributed by atoms with E-state index < -0.39 is 5.97 Å². The predicted octanol–water partition coefficient (Wildman–Crippen LogP) is 3.17. The number of carbonyl (C=O) groups is 1. The third kappa shape index (κ3) is 5.55. The van der Waals surface area contributed by atoms with Gasteiger partial charge in [-0.2, -0.15) is 5.26 Å². The molecule has 7 heteroatoms. The molecule has 0 saturated heterocycles. The van der Waals surface area contributed by atoms with Crippen LogP contribution in [0.2, 0.25) is 0 Å². The van der Waals surface area contributed by atoms with Crippen LogP contribution in [0.25, 0.3) is 6.08 Å². The van der Waals surface area contributed by atoms with Crippen LogP contribution in [-0.2, 0) is 4.79 Å². The molecule has 0 saturated carbocycles. The highest BCUT2D eigenvalue weighted by Crippen LogP contribution is 2.37. The molecule has 0 heterocycles. The maximum atomic E-state index is 10.9. The zero-order valence-electron chi connectivity index (χ0n) is 14.0. The van der Waals surface area contributed by atoms with Gasteiger partial charge in [0, 0.05) is 6.54 Å². The van der Waals surface area contributed by atoms with Gasteiger partial charge in [-0.25, -0.2) is 4.79 Å². The maximum Gasteiger partial charge on any atom is 0.346 e. The second-order valence-corrected chi connectivity index (χ2v) is 5.74. The van der Waals surface area contributed by atoms with Crippen LogP contribution in [0.4, 0.5) is 0 Å². The minimum Gasteiger partial charge on any atom is -0.493 e. The molecule has 0 radical (unpaired) electrons. The minimum atomic E-state index is -1.27. The molecule has 1 aromatic rings. The molecular formula is C17H21BrN2O4. The van der Waals surface area contributed by atoms with Crippen LogP contribution in [0.5, 0.6) is 11.5 Å². The highest BCUT2D eigenvalue weighted by molar-refractivity contribution is 9.10. The van der Waals surface area contributed by atoms with Gasteiger partial charge in [0.2, 0.25) is 0 Å². The molecule has 1 rings (SSSR count). The van der Waals surface area contributed by atoms with Crippen LogP contribution in [0.3, 0.4) is 0 Å². The number of nitrogens with zero attached hydrogens (tertiary/aromatic N) is 2. The van der Waals surface area contributed by atoms with Gasteiger partial charge in [0.25, 0.3) is 0 Å². The molecule has 130 valence electrons. The highest BCUT2D eigenvalue weighted by atomic mass is 79.9. The van der Waals surface area contributed by atoms with Gasteiger partial charge in [-0.3, -0.25) is 0 Å². The third-order valence-electron chi connectivity index (χ3n) is 3.46. The summed E-state index contributed by atoms with van der Waals surface area (Å²) in [4.78, 5) is 13.2. The van der Waals surface area contributed by atoms with E-state index >= 15 is 0 Å². The van der Waals surface area contributed by atoms with E-state index in [9.17, 15) is 4.79 Å². The van der Waals surface area contributed by atoms with Crippen LogP contribution in [-0.4, -0.2) is 49.3 Å². The molecule has 0 spiro atoms. The minimum absolute atomic E-state index is 0.348. The number of aliphatic carboxylic acids is 1. The molecule has 0 bridgehead atoms. The fraction of sp³-hybridized carbons (Fsp3) is 0.412. The van der Waals surface area contributed by atoms with Crippen LogP contribution in [0.1, 0.15) is 19.4 Å². The molecule has 0 aromatic heterocycles. The quantitative estimate of drug-likeness (QED) is 0.509. The highest BCUT2D eigenvalue weighted by Gasteiger charge is 2.13. The Kier molecular flexibility index (Phi) is 8.30. The number of ether oxygens (including phenoxy) is 2. The van der Waals surface area contributed by atoms with E-state index in [-0.39, 0.29) is 5.57 Å². The smallest absolute Gasteiger partial charge is 0.346 e. The van der Waals surface area contributed by atoms with Crippen LogP contribution < -0.4 is 9.47 Å². The van der Waals surface area contributed by atoms with Crippen molar-refractivity contribution in [3.8, 4) is 17.6 Å². The molecule has 0 atom stereocenters. The topological polar surface area (TPSA) is 82.8 Å². The lowest BCUT2D eigenvalue weighted by molar-refractivity contribution is -0.132. The predicted molar refractivity (Wildman–Crippen MR) is 95.2 cm³/mol. The zero-order chi connectivity index (χ0) is 18.1. The molecule has 1 aromatic carbocycles. The number of nitriles is 1. The normalized spacial score (nSPS) is 11.2. The van der Waals surface area contributed by atoms with Crippen molar-refractivity contribution in [2.24, 2.45) is 0 Å². The van der Waals surface area contributed by atoms with Gasteiger partial charge in [-0.05, 0) is 52.8 Å². The Bertz CT molecular complexity index is 649. The van der Waals surface area contributed by atoms with Gasteiger partial charge < -0.3 is 19.5 Å². The molecule has 0 fully saturated rings. The number of methoxy groups -OCH3 is 1. The largest absolute Gasteiger partial charge is 0.493 e. The summed E-state index contributed by atoms with van der Waals surface area (Å²) in [7, 11) is 1.51. The van der Waals surface area contributed by atoms with Gasteiger partial charge in [-0.15, -0.1) is 0 Å². The van der Waals surface area contributed by atoms with Crippen molar-refractivity contribution < 1.29 is 19.4 Å². The van der Waals surface area contributed by atoms with Crippen molar-refractivity contribution in [1.82, 2.24) is 4.90 Å². The lowest BCUT2D eigenvalue weighted by Crippen LogP contribution is -2.28. The average Bonchev–Trinajstić information content (AvgIpc) is 2.57. The molecule has 0 amide bonds. The Balaban J connectivity index is 3.00. The van der Waals surface area contributed by atoms with E-state index in [2.05, 4.69) is 34.7 Å².